The van der Waals surface area contributed by atoms with Gasteiger partial charge in [0.15, 0.2) is 0 Å². The first-order valence-electron chi connectivity index (χ1n) is 19.2. The topological polar surface area (TPSA) is 51.6 Å². The summed E-state index contributed by atoms with van der Waals surface area (Å²) in [6.07, 6.45) is 2.84. The van der Waals surface area contributed by atoms with E-state index in [9.17, 15) is 0 Å². The van der Waals surface area contributed by atoms with Crippen LogP contribution in [0.1, 0.15) is 12.5 Å². The van der Waals surface area contributed by atoms with Gasteiger partial charge in [0, 0.05) is 44.4 Å². The minimum Gasteiger partial charge on any atom is -0.254 e. The number of fused-ring (bicyclic) bond motifs is 7. The molecule has 0 atom stereocenters. The van der Waals surface area contributed by atoms with E-state index in [1.807, 2.05) is 12.3 Å². The molecule has 4 heterocycles. The number of nitrogens with zero attached hydrogens (tertiary/aromatic N) is 4. The zero-order valence-electron chi connectivity index (χ0n) is 30.7. The van der Waals surface area contributed by atoms with E-state index in [4.69, 9.17) is 15.0 Å². The molecule has 262 valence electrons. The van der Waals surface area contributed by atoms with Crippen molar-refractivity contribution in [2.75, 3.05) is 0 Å². The third-order valence-electron chi connectivity index (χ3n) is 11.2. The quantitative estimate of drug-likeness (QED) is 0.167. The Bertz CT molecular complexity index is 3370. The largest absolute Gasteiger partial charge is 0.254 e. The number of hydrogen-bond donors (Lipinski definition) is 0. The summed E-state index contributed by atoms with van der Waals surface area (Å²) in [5.74, 6) is 0. The maximum Gasteiger partial charge on any atom is 0.0972 e. The first kappa shape index (κ1) is 32.2. The number of pyridine rings is 4. The highest BCUT2D eigenvalue weighted by atomic mass is 14.8. The summed E-state index contributed by atoms with van der Waals surface area (Å²) in [7, 11) is 0. The van der Waals surface area contributed by atoms with E-state index in [1.54, 1.807) is 0 Å². The second-order valence-corrected chi connectivity index (χ2v) is 14.6. The molecule has 0 aliphatic carbocycles. The number of rotatable bonds is 5. The molecule has 0 radical (unpaired) electrons. The third-order valence-corrected chi connectivity index (χ3v) is 11.2. The van der Waals surface area contributed by atoms with Gasteiger partial charge in [-0.2, -0.15) is 0 Å². The van der Waals surface area contributed by atoms with Crippen molar-refractivity contribution in [1.29, 1.82) is 0 Å². The third kappa shape index (κ3) is 5.46. The Hall–Kier alpha value is -7.30. The smallest absolute Gasteiger partial charge is 0.0972 e. The van der Waals surface area contributed by atoms with E-state index in [2.05, 4.69) is 176 Å². The highest BCUT2D eigenvalue weighted by Crippen LogP contribution is 2.34. The van der Waals surface area contributed by atoms with Crippen molar-refractivity contribution in [2.45, 2.75) is 13.3 Å². The van der Waals surface area contributed by atoms with Gasteiger partial charge in [-0.3, -0.25) is 4.98 Å². The van der Waals surface area contributed by atoms with Crippen LogP contribution in [0, 0.1) is 0 Å². The average Bonchev–Trinajstić information content (AvgIpc) is 3.27. The predicted octanol–water partition coefficient (Wildman–Crippen LogP) is 13.4. The fourth-order valence-electron chi connectivity index (χ4n) is 8.25. The lowest BCUT2D eigenvalue weighted by atomic mass is 9.96. The lowest BCUT2D eigenvalue weighted by molar-refractivity contribution is 1.16. The first-order valence-corrected chi connectivity index (χ1v) is 19.2. The number of hydrogen-bond acceptors (Lipinski definition) is 4. The Kier molecular flexibility index (Phi) is 7.42. The summed E-state index contributed by atoms with van der Waals surface area (Å²) in [4.78, 5) is 20.0. The normalized spacial score (nSPS) is 11.7. The molecule has 0 amide bonds. The number of aryl methyl sites for hydroxylation is 1. The predicted molar refractivity (Wildman–Crippen MR) is 234 cm³/mol. The molecule has 0 saturated heterocycles. The van der Waals surface area contributed by atoms with Crippen LogP contribution in [0.2, 0.25) is 0 Å². The van der Waals surface area contributed by atoms with Gasteiger partial charge in [0.25, 0.3) is 0 Å². The van der Waals surface area contributed by atoms with Gasteiger partial charge in [0.05, 0.1) is 39.1 Å². The van der Waals surface area contributed by atoms with E-state index in [-0.39, 0.29) is 0 Å². The zero-order valence-corrected chi connectivity index (χ0v) is 30.7. The van der Waals surface area contributed by atoms with Crippen LogP contribution < -0.4 is 0 Å². The van der Waals surface area contributed by atoms with Crippen LogP contribution in [-0.4, -0.2) is 19.9 Å². The SMILES string of the molecule is CCc1ccc(-c2ccc3ccc(-c4ccc5nc(-c6ccc7cc(-c8ccc9ccc%10cccnc%10c9n8)ccc7c6)ccc5c4)cc3n2)c2ccccc12. The summed E-state index contributed by atoms with van der Waals surface area (Å²) in [5.41, 5.74) is 13.7. The molecular formula is C52H34N4. The van der Waals surface area contributed by atoms with Gasteiger partial charge in [0.1, 0.15) is 0 Å². The molecule has 0 spiro atoms. The summed E-state index contributed by atoms with van der Waals surface area (Å²) >= 11 is 0. The fraction of sp³-hybridized carbons (Fsp3) is 0.0385. The average molecular weight is 715 g/mol. The van der Waals surface area contributed by atoms with Crippen LogP contribution in [0.25, 0.3) is 110 Å². The van der Waals surface area contributed by atoms with E-state index < -0.39 is 0 Å². The fourth-order valence-corrected chi connectivity index (χ4v) is 8.25. The highest BCUT2D eigenvalue weighted by molar-refractivity contribution is 6.04. The molecule has 4 nitrogen and oxygen atoms in total. The van der Waals surface area contributed by atoms with E-state index in [0.29, 0.717) is 0 Å². The lowest BCUT2D eigenvalue weighted by Gasteiger charge is -2.11. The number of aromatic nitrogens is 4. The van der Waals surface area contributed by atoms with Crippen LogP contribution in [0.5, 0.6) is 0 Å². The lowest BCUT2D eigenvalue weighted by Crippen LogP contribution is -1.91. The molecule has 4 aromatic heterocycles. The Morgan fingerprint density at radius 2 is 0.964 bits per heavy atom. The van der Waals surface area contributed by atoms with E-state index in [0.717, 1.165) is 100 Å². The van der Waals surface area contributed by atoms with E-state index in [1.165, 1.54) is 21.9 Å². The van der Waals surface area contributed by atoms with Gasteiger partial charge in [-0.25, -0.2) is 15.0 Å². The van der Waals surface area contributed by atoms with Crippen molar-refractivity contribution in [3.63, 3.8) is 0 Å². The molecule has 0 aliphatic rings. The number of benzene rings is 7. The standard InChI is InChI=1S/C52H34N4/c1-2-32-17-22-45(44-8-4-3-7-43(32)44)49-26-18-33-9-12-39(31-50(33)55-49)38-20-24-46-42(30-38)21-25-47(54-46)40-15-13-37-29-41(16-14-36(37)28-40)48-23-19-35-11-10-34-6-5-27-53-51(34)52(35)56-48/h3-31H,2H2,1H3. The van der Waals surface area contributed by atoms with Crippen molar-refractivity contribution < 1.29 is 0 Å². The van der Waals surface area contributed by atoms with Crippen molar-refractivity contribution in [3.05, 3.63) is 182 Å². The van der Waals surface area contributed by atoms with Gasteiger partial charge in [-0.15, -0.1) is 0 Å². The minimum atomic E-state index is 0.927. The summed E-state index contributed by atoms with van der Waals surface area (Å²) in [6.45, 7) is 2.21. The van der Waals surface area contributed by atoms with Crippen LogP contribution in [0.15, 0.2) is 176 Å². The molecule has 0 bridgehead atoms. The minimum absolute atomic E-state index is 0.927. The van der Waals surface area contributed by atoms with Gasteiger partial charge in [0.2, 0.25) is 0 Å². The van der Waals surface area contributed by atoms with Crippen molar-refractivity contribution >= 4 is 65.2 Å². The van der Waals surface area contributed by atoms with Crippen LogP contribution in [-0.2, 0) is 6.42 Å². The first-order chi connectivity index (χ1) is 27.6. The Balaban J connectivity index is 0.889. The van der Waals surface area contributed by atoms with Crippen molar-refractivity contribution in [3.8, 4) is 44.9 Å². The van der Waals surface area contributed by atoms with Crippen molar-refractivity contribution in [2.24, 2.45) is 0 Å². The second kappa shape index (κ2) is 12.9. The van der Waals surface area contributed by atoms with Gasteiger partial charge >= 0.3 is 0 Å². The summed E-state index contributed by atoms with van der Waals surface area (Å²) in [5, 5.41) is 9.29. The van der Waals surface area contributed by atoms with Gasteiger partial charge < -0.3 is 0 Å². The molecule has 56 heavy (non-hydrogen) atoms. The second-order valence-electron chi connectivity index (χ2n) is 14.6. The Morgan fingerprint density at radius 3 is 1.79 bits per heavy atom. The summed E-state index contributed by atoms with van der Waals surface area (Å²) < 4.78 is 0. The monoisotopic (exact) mass is 714 g/mol. The van der Waals surface area contributed by atoms with Crippen molar-refractivity contribution in [1.82, 2.24) is 19.9 Å². The molecule has 11 rings (SSSR count). The zero-order chi connectivity index (χ0) is 37.2. The van der Waals surface area contributed by atoms with E-state index >= 15 is 0 Å². The van der Waals surface area contributed by atoms with Gasteiger partial charge in [-0.1, -0.05) is 122 Å². The molecule has 0 aliphatic heterocycles. The summed E-state index contributed by atoms with van der Waals surface area (Å²) in [6, 6.07) is 60.5. The molecule has 7 aromatic carbocycles. The molecule has 0 N–H and O–H groups in total. The maximum absolute atomic E-state index is 5.19. The molecule has 4 heteroatoms. The molecular weight excluding hydrogens is 681 g/mol. The van der Waals surface area contributed by atoms with Crippen LogP contribution in [0.3, 0.4) is 0 Å². The Labute approximate surface area is 323 Å². The van der Waals surface area contributed by atoms with Crippen LogP contribution >= 0.6 is 0 Å². The highest BCUT2D eigenvalue weighted by Gasteiger charge is 2.12. The van der Waals surface area contributed by atoms with Gasteiger partial charge in [-0.05, 0) is 99.3 Å². The molecule has 0 unspecified atom stereocenters. The molecule has 11 aromatic rings. The molecule has 0 fully saturated rings. The molecule has 0 saturated carbocycles. The Morgan fingerprint density at radius 1 is 0.375 bits per heavy atom. The maximum atomic E-state index is 5.19. The van der Waals surface area contributed by atoms with Crippen LogP contribution in [0.4, 0.5) is 0 Å².